The lowest BCUT2D eigenvalue weighted by Crippen LogP contribution is -2.52. The Balaban J connectivity index is 2.55. The first-order valence-corrected chi connectivity index (χ1v) is 5.23. The zero-order valence-electron chi connectivity index (χ0n) is 9.16. The maximum absolute atomic E-state index is 11.5. The van der Waals surface area contributed by atoms with Crippen LogP contribution in [0.1, 0.15) is 6.42 Å². The first kappa shape index (κ1) is 12.4. The van der Waals surface area contributed by atoms with E-state index in [1.807, 2.05) is 0 Å². The van der Waals surface area contributed by atoms with Gasteiger partial charge in [0.2, 0.25) is 0 Å². The Morgan fingerprint density at radius 1 is 1.60 bits per heavy atom. The van der Waals surface area contributed by atoms with Crippen molar-refractivity contribution in [1.82, 2.24) is 15.6 Å². The number of rotatable bonds is 4. The van der Waals surface area contributed by atoms with E-state index in [9.17, 15) is 4.79 Å². The maximum Gasteiger partial charge on any atom is 0.253 e. The van der Waals surface area contributed by atoms with Gasteiger partial charge in [-0.25, -0.2) is 5.84 Å². The lowest BCUT2D eigenvalue weighted by molar-refractivity contribution is -0.128. The summed E-state index contributed by atoms with van der Waals surface area (Å²) in [6, 6.07) is -0.278. The fraction of sp³-hybridized carbons (Fsp3) is 0.889. The first-order valence-electron chi connectivity index (χ1n) is 5.23. The molecule has 0 saturated carbocycles. The van der Waals surface area contributed by atoms with Crippen molar-refractivity contribution in [2.75, 3.05) is 39.9 Å². The second-order valence-corrected chi connectivity index (χ2v) is 3.62. The molecule has 1 aliphatic rings. The molecular weight excluding hydrogens is 196 g/mol. The molecule has 1 rings (SSSR count). The van der Waals surface area contributed by atoms with Crippen LogP contribution in [0.25, 0.3) is 0 Å². The third-order valence-corrected chi connectivity index (χ3v) is 2.58. The van der Waals surface area contributed by atoms with Crippen LogP contribution in [-0.2, 0) is 9.53 Å². The molecule has 0 aromatic heterocycles. The fourth-order valence-corrected chi connectivity index (χ4v) is 1.78. The number of carbonyl (C=O) groups excluding carboxylic acids is 1. The Hall–Kier alpha value is -0.690. The summed E-state index contributed by atoms with van der Waals surface area (Å²) < 4.78 is 5.04. The molecule has 0 bridgehead atoms. The molecular formula is C9H20N4O2. The normalized spacial score (nSPS) is 20.7. The third-order valence-electron chi connectivity index (χ3n) is 2.58. The van der Waals surface area contributed by atoms with Crippen molar-refractivity contribution in [3.8, 4) is 0 Å². The first-order chi connectivity index (χ1) is 7.29. The number of ether oxygens (including phenoxy) is 1. The molecule has 1 unspecified atom stereocenters. The van der Waals surface area contributed by atoms with E-state index in [0.29, 0.717) is 6.61 Å². The van der Waals surface area contributed by atoms with Crippen LogP contribution in [0.2, 0.25) is 0 Å². The summed E-state index contributed by atoms with van der Waals surface area (Å²) in [5, 5.41) is 3.29. The van der Waals surface area contributed by atoms with E-state index in [-0.39, 0.29) is 11.9 Å². The van der Waals surface area contributed by atoms with Gasteiger partial charge in [-0.1, -0.05) is 0 Å². The summed E-state index contributed by atoms with van der Waals surface area (Å²) in [5.74, 6) is 4.97. The molecule has 1 atom stereocenters. The third kappa shape index (κ3) is 3.75. The molecule has 1 fully saturated rings. The zero-order chi connectivity index (χ0) is 11.1. The molecule has 0 aromatic rings. The van der Waals surface area contributed by atoms with E-state index in [1.165, 1.54) is 0 Å². The Morgan fingerprint density at radius 2 is 2.40 bits per heavy atom. The monoisotopic (exact) mass is 216 g/mol. The van der Waals surface area contributed by atoms with Gasteiger partial charge < -0.3 is 10.1 Å². The van der Waals surface area contributed by atoms with Gasteiger partial charge in [0.1, 0.15) is 6.04 Å². The van der Waals surface area contributed by atoms with E-state index < -0.39 is 0 Å². The average Bonchev–Trinajstić information content (AvgIpc) is 2.53. The smallest absolute Gasteiger partial charge is 0.253 e. The number of hydrazine groups is 1. The highest BCUT2D eigenvalue weighted by Crippen LogP contribution is 2.03. The van der Waals surface area contributed by atoms with E-state index in [0.717, 1.165) is 32.6 Å². The van der Waals surface area contributed by atoms with Crippen LogP contribution in [0.5, 0.6) is 0 Å². The minimum absolute atomic E-state index is 0.182. The summed E-state index contributed by atoms with van der Waals surface area (Å²) in [6.45, 7) is 4.03. The fourth-order valence-electron chi connectivity index (χ4n) is 1.78. The van der Waals surface area contributed by atoms with Gasteiger partial charge in [-0.05, 0) is 13.0 Å². The second-order valence-electron chi connectivity index (χ2n) is 3.62. The van der Waals surface area contributed by atoms with Crippen LogP contribution < -0.4 is 16.6 Å². The molecule has 6 heteroatoms. The predicted octanol–water partition coefficient (Wildman–Crippen LogP) is -1.71. The van der Waals surface area contributed by atoms with Crippen molar-refractivity contribution in [2.45, 2.75) is 12.5 Å². The van der Waals surface area contributed by atoms with Crippen molar-refractivity contribution in [3.05, 3.63) is 0 Å². The van der Waals surface area contributed by atoms with Gasteiger partial charge in [0.25, 0.3) is 5.91 Å². The molecule has 6 nitrogen and oxygen atoms in total. The van der Waals surface area contributed by atoms with Crippen LogP contribution in [0.15, 0.2) is 0 Å². The van der Waals surface area contributed by atoms with Crippen LogP contribution in [0.4, 0.5) is 0 Å². The molecule has 15 heavy (non-hydrogen) atoms. The number of nitrogens with two attached hydrogens (primary N) is 1. The Morgan fingerprint density at radius 3 is 3.07 bits per heavy atom. The Labute approximate surface area is 90.1 Å². The van der Waals surface area contributed by atoms with Gasteiger partial charge in [0, 0.05) is 26.7 Å². The molecule has 1 heterocycles. The minimum Gasteiger partial charge on any atom is -0.383 e. The molecule has 88 valence electrons. The van der Waals surface area contributed by atoms with Gasteiger partial charge >= 0.3 is 0 Å². The summed E-state index contributed by atoms with van der Waals surface area (Å²) in [6.07, 6.45) is 1.04. The number of nitrogens with one attached hydrogen (secondary N) is 2. The quantitative estimate of drug-likeness (QED) is 0.296. The Kier molecular flexibility index (Phi) is 5.56. The molecule has 0 radical (unpaired) electrons. The SMILES string of the molecule is COCC(C(=O)NN)N1CCCNCC1. The summed E-state index contributed by atoms with van der Waals surface area (Å²) >= 11 is 0. The van der Waals surface area contributed by atoms with Crippen molar-refractivity contribution >= 4 is 5.91 Å². The molecule has 1 saturated heterocycles. The highest BCUT2D eigenvalue weighted by Gasteiger charge is 2.25. The average molecular weight is 216 g/mol. The van der Waals surface area contributed by atoms with Crippen molar-refractivity contribution in [2.24, 2.45) is 5.84 Å². The van der Waals surface area contributed by atoms with Gasteiger partial charge in [-0.15, -0.1) is 0 Å². The largest absolute Gasteiger partial charge is 0.383 e. The van der Waals surface area contributed by atoms with Gasteiger partial charge in [0.05, 0.1) is 6.61 Å². The van der Waals surface area contributed by atoms with Crippen LogP contribution in [-0.4, -0.2) is 56.7 Å². The number of hydrogen-bond donors (Lipinski definition) is 3. The highest BCUT2D eigenvalue weighted by molar-refractivity contribution is 5.81. The highest BCUT2D eigenvalue weighted by atomic mass is 16.5. The lowest BCUT2D eigenvalue weighted by atomic mass is 10.2. The lowest BCUT2D eigenvalue weighted by Gasteiger charge is -2.28. The molecule has 1 aliphatic heterocycles. The van der Waals surface area contributed by atoms with E-state index in [1.54, 1.807) is 7.11 Å². The number of carbonyl (C=O) groups is 1. The van der Waals surface area contributed by atoms with Gasteiger partial charge in [0.15, 0.2) is 0 Å². The minimum atomic E-state index is -0.278. The van der Waals surface area contributed by atoms with Crippen LogP contribution in [0, 0.1) is 0 Å². The Bertz CT molecular complexity index is 193. The number of methoxy groups -OCH3 is 1. The molecule has 4 N–H and O–H groups in total. The number of amides is 1. The summed E-state index contributed by atoms with van der Waals surface area (Å²) in [7, 11) is 1.59. The molecule has 0 aromatic carbocycles. The topological polar surface area (TPSA) is 79.6 Å². The standard InChI is InChI=1S/C9H20N4O2/c1-15-7-8(9(14)12-10)13-5-2-3-11-4-6-13/h8,11H,2-7,10H2,1H3,(H,12,14). The molecule has 0 aliphatic carbocycles. The molecule has 1 amide bonds. The van der Waals surface area contributed by atoms with Crippen LogP contribution in [0.3, 0.4) is 0 Å². The maximum atomic E-state index is 11.5. The molecule has 0 spiro atoms. The van der Waals surface area contributed by atoms with Gasteiger partial charge in [-0.3, -0.25) is 15.1 Å². The number of hydrogen-bond acceptors (Lipinski definition) is 5. The van der Waals surface area contributed by atoms with Crippen molar-refractivity contribution in [3.63, 3.8) is 0 Å². The second kappa shape index (κ2) is 6.73. The zero-order valence-corrected chi connectivity index (χ0v) is 9.16. The van der Waals surface area contributed by atoms with Crippen LogP contribution >= 0.6 is 0 Å². The van der Waals surface area contributed by atoms with E-state index in [4.69, 9.17) is 10.6 Å². The van der Waals surface area contributed by atoms with E-state index >= 15 is 0 Å². The number of nitrogens with zero attached hydrogens (tertiary/aromatic N) is 1. The van der Waals surface area contributed by atoms with E-state index in [2.05, 4.69) is 15.6 Å². The summed E-state index contributed by atoms with van der Waals surface area (Å²) in [4.78, 5) is 13.6. The predicted molar refractivity (Wildman–Crippen MR) is 57.1 cm³/mol. The van der Waals surface area contributed by atoms with Gasteiger partial charge in [-0.2, -0.15) is 0 Å². The van der Waals surface area contributed by atoms with Crippen molar-refractivity contribution in [1.29, 1.82) is 0 Å². The van der Waals surface area contributed by atoms with Crippen molar-refractivity contribution < 1.29 is 9.53 Å². The summed E-state index contributed by atoms with van der Waals surface area (Å²) in [5.41, 5.74) is 2.19.